The molecule has 0 aromatic carbocycles. The Morgan fingerprint density at radius 1 is 1.19 bits per heavy atom. The molecule has 1 unspecified atom stereocenters. The Morgan fingerprint density at radius 2 is 2.14 bits per heavy atom. The zero-order valence-corrected chi connectivity index (χ0v) is 12.4. The molecule has 21 heavy (non-hydrogen) atoms. The summed E-state index contributed by atoms with van der Waals surface area (Å²) in [6, 6.07) is 8.32. The Balaban J connectivity index is 1.66. The predicted octanol–water partition coefficient (Wildman–Crippen LogP) is 2.43. The third kappa shape index (κ3) is 3.36. The van der Waals surface area contributed by atoms with Crippen LogP contribution in [0.15, 0.2) is 36.7 Å². The summed E-state index contributed by atoms with van der Waals surface area (Å²) in [5.41, 5.74) is 1.73. The maximum Gasteiger partial charge on any atom is 0.223 e. The zero-order chi connectivity index (χ0) is 14.5. The number of likely N-dealkylation sites (N-methyl/N-ethyl adjacent to an activating group) is 1. The number of rotatable bonds is 5. The summed E-state index contributed by atoms with van der Waals surface area (Å²) in [6.45, 7) is 5.44. The van der Waals surface area contributed by atoms with E-state index in [9.17, 15) is 0 Å². The van der Waals surface area contributed by atoms with E-state index in [1.54, 1.807) is 12.4 Å². The van der Waals surface area contributed by atoms with Gasteiger partial charge in [-0.1, -0.05) is 13.0 Å². The summed E-state index contributed by atoms with van der Waals surface area (Å²) >= 11 is 0. The molecule has 2 aromatic heterocycles. The normalized spacial score (nSPS) is 18.8. The van der Waals surface area contributed by atoms with Gasteiger partial charge in [-0.25, -0.2) is 9.97 Å². The highest BCUT2D eigenvalue weighted by Gasteiger charge is 2.22. The maximum atomic E-state index is 4.55. The summed E-state index contributed by atoms with van der Waals surface area (Å²) in [4.78, 5) is 15.7. The van der Waals surface area contributed by atoms with Crippen molar-refractivity contribution in [2.45, 2.75) is 25.8 Å². The Morgan fingerprint density at radius 3 is 2.95 bits per heavy atom. The fourth-order valence-corrected chi connectivity index (χ4v) is 2.85. The molecule has 2 aromatic rings. The van der Waals surface area contributed by atoms with Gasteiger partial charge in [0.2, 0.25) is 5.95 Å². The number of nitrogens with zero attached hydrogens (tertiary/aromatic N) is 4. The third-order valence-corrected chi connectivity index (χ3v) is 3.98. The van der Waals surface area contributed by atoms with Crippen LogP contribution in [0, 0.1) is 0 Å². The van der Waals surface area contributed by atoms with Crippen molar-refractivity contribution < 1.29 is 0 Å². The first-order valence-corrected chi connectivity index (χ1v) is 7.59. The Labute approximate surface area is 125 Å². The topological polar surface area (TPSA) is 53.9 Å². The second kappa shape index (κ2) is 6.63. The molecule has 3 rings (SSSR count). The lowest BCUT2D eigenvalue weighted by Crippen LogP contribution is -2.34. The van der Waals surface area contributed by atoms with Crippen LogP contribution in [0.2, 0.25) is 0 Å². The monoisotopic (exact) mass is 283 g/mol. The lowest BCUT2D eigenvalue weighted by Gasteiger charge is -2.22. The fourth-order valence-electron chi connectivity index (χ4n) is 2.85. The number of nitrogens with one attached hydrogen (secondary N) is 1. The van der Waals surface area contributed by atoms with Crippen molar-refractivity contribution in [3.63, 3.8) is 0 Å². The Hall–Kier alpha value is -2.01. The zero-order valence-electron chi connectivity index (χ0n) is 12.4. The summed E-state index contributed by atoms with van der Waals surface area (Å²) in [7, 11) is 0. The van der Waals surface area contributed by atoms with Crippen molar-refractivity contribution in [1.29, 1.82) is 0 Å². The van der Waals surface area contributed by atoms with E-state index in [0.717, 1.165) is 24.5 Å². The van der Waals surface area contributed by atoms with Gasteiger partial charge in [0.05, 0.1) is 11.4 Å². The van der Waals surface area contributed by atoms with Crippen LogP contribution in [0.25, 0.3) is 11.4 Å². The largest absolute Gasteiger partial charge is 0.353 e. The Bertz CT molecular complexity index is 572. The molecule has 5 heteroatoms. The first-order chi connectivity index (χ1) is 10.4. The molecule has 110 valence electrons. The van der Waals surface area contributed by atoms with Gasteiger partial charge in [0.15, 0.2) is 0 Å². The lowest BCUT2D eigenvalue weighted by molar-refractivity contribution is 0.277. The molecule has 0 amide bonds. The maximum absolute atomic E-state index is 4.55. The van der Waals surface area contributed by atoms with E-state index in [4.69, 9.17) is 0 Å². The van der Waals surface area contributed by atoms with Gasteiger partial charge >= 0.3 is 0 Å². The van der Waals surface area contributed by atoms with Crippen LogP contribution in [0.1, 0.15) is 19.8 Å². The molecule has 1 saturated heterocycles. The molecule has 1 fully saturated rings. The molecule has 3 heterocycles. The molecule has 1 aliphatic heterocycles. The van der Waals surface area contributed by atoms with Gasteiger partial charge in [0, 0.05) is 25.0 Å². The van der Waals surface area contributed by atoms with Crippen LogP contribution in [0.3, 0.4) is 0 Å². The molecule has 0 aliphatic carbocycles. The summed E-state index contributed by atoms with van der Waals surface area (Å²) < 4.78 is 0. The van der Waals surface area contributed by atoms with E-state index in [0.29, 0.717) is 12.0 Å². The SMILES string of the molecule is CCN1CCCC1CNc1nccc(-c2ccccn2)n1. The van der Waals surface area contributed by atoms with Crippen LogP contribution in [0.5, 0.6) is 0 Å². The van der Waals surface area contributed by atoms with Gasteiger partial charge in [-0.2, -0.15) is 0 Å². The minimum absolute atomic E-state index is 0.595. The van der Waals surface area contributed by atoms with Crippen LogP contribution < -0.4 is 5.32 Å². The van der Waals surface area contributed by atoms with Crippen LogP contribution in [-0.4, -0.2) is 45.5 Å². The number of likely N-dealkylation sites (tertiary alicyclic amines) is 1. The van der Waals surface area contributed by atoms with Gasteiger partial charge in [-0.3, -0.25) is 9.88 Å². The van der Waals surface area contributed by atoms with E-state index in [1.807, 2.05) is 24.3 Å². The van der Waals surface area contributed by atoms with Gasteiger partial charge < -0.3 is 5.32 Å². The second-order valence-electron chi connectivity index (χ2n) is 5.29. The van der Waals surface area contributed by atoms with Crippen molar-refractivity contribution in [1.82, 2.24) is 19.9 Å². The van der Waals surface area contributed by atoms with Gasteiger partial charge in [0.1, 0.15) is 0 Å². The highest BCUT2D eigenvalue weighted by atomic mass is 15.2. The predicted molar refractivity (Wildman–Crippen MR) is 84.0 cm³/mol. The van der Waals surface area contributed by atoms with E-state index >= 15 is 0 Å². The van der Waals surface area contributed by atoms with Gasteiger partial charge in [0.25, 0.3) is 0 Å². The highest BCUT2D eigenvalue weighted by Crippen LogP contribution is 2.18. The van der Waals surface area contributed by atoms with E-state index in [1.165, 1.54) is 19.4 Å². The van der Waals surface area contributed by atoms with Crippen molar-refractivity contribution >= 4 is 5.95 Å². The van der Waals surface area contributed by atoms with Crippen LogP contribution in [0.4, 0.5) is 5.95 Å². The van der Waals surface area contributed by atoms with Crippen LogP contribution >= 0.6 is 0 Å². The van der Waals surface area contributed by atoms with Crippen molar-refractivity contribution in [3.05, 3.63) is 36.7 Å². The summed E-state index contributed by atoms with van der Waals surface area (Å²) in [5.74, 6) is 0.682. The number of hydrogen-bond donors (Lipinski definition) is 1. The molecule has 0 spiro atoms. The average Bonchev–Trinajstić information content (AvgIpc) is 3.01. The first kappa shape index (κ1) is 13.9. The smallest absolute Gasteiger partial charge is 0.223 e. The minimum atomic E-state index is 0.595. The van der Waals surface area contributed by atoms with E-state index in [2.05, 4.69) is 32.1 Å². The lowest BCUT2D eigenvalue weighted by atomic mass is 10.2. The number of hydrogen-bond acceptors (Lipinski definition) is 5. The first-order valence-electron chi connectivity index (χ1n) is 7.59. The third-order valence-electron chi connectivity index (χ3n) is 3.98. The molecule has 0 saturated carbocycles. The molecule has 1 atom stereocenters. The van der Waals surface area contributed by atoms with Crippen molar-refractivity contribution in [2.75, 3.05) is 25.0 Å². The molecular formula is C16H21N5. The second-order valence-corrected chi connectivity index (χ2v) is 5.29. The molecule has 1 aliphatic rings. The van der Waals surface area contributed by atoms with Gasteiger partial charge in [-0.15, -0.1) is 0 Å². The molecule has 5 nitrogen and oxygen atoms in total. The average molecular weight is 283 g/mol. The number of anilines is 1. The fraction of sp³-hybridized carbons (Fsp3) is 0.438. The quantitative estimate of drug-likeness (QED) is 0.913. The number of aromatic nitrogens is 3. The standard InChI is InChI=1S/C16H21N5/c1-2-21-11-5-6-13(21)12-19-16-18-10-8-15(20-16)14-7-3-4-9-17-14/h3-4,7-10,13H,2,5-6,11-12H2,1H3,(H,18,19,20). The van der Waals surface area contributed by atoms with Crippen molar-refractivity contribution in [2.24, 2.45) is 0 Å². The summed E-state index contributed by atoms with van der Waals surface area (Å²) in [6.07, 6.45) is 6.10. The molecule has 0 radical (unpaired) electrons. The molecule has 1 N–H and O–H groups in total. The number of pyridine rings is 1. The summed E-state index contributed by atoms with van der Waals surface area (Å²) in [5, 5.41) is 3.37. The van der Waals surface area contributed by atoms with Crippen LogP contribution in [-0.2, 0) is 0 Å². The van der Waals surface area contributed by atoms with Gasteiger partial charge in [-0.05, 0) is 44.1 Å². The molecule has 0 bridgehead atoms. The Kier molecular flexibility index (Phi) is 4.40. The minimum Gasteiger partial charge on any atom is -0.353 e. The van der Waals surface area contributed by atoms with E-state index < -0.39 is 0 Å². The van der Waals surface area contributed by atoms with E-state index in [-0.39, 0.29) is 0 Å². The van der Waals surface area contributed by atoms with Crippen molar-refractivity contribution in [3.8, 4) is 11.4 Å². The highest BCUT2D eigenvalue weighted by molar-refractivity contribution is 5.54. The molecular weight excluding hydrogens is 262 g/mol.